The molecule has 6 nitrogen and oxygen atoms in total. The molecule has 120 valence electrons. The third-order valence-corrected chi connectivity index (χ3v) is 5.88. The lowest BCUT2D eigenvalue weighted by atomic mass is 9.85. The highest BCUT2D eigenvalue weighted by molar-refractivity contribution is 7.89. The molecule has 0 spiro atoms. The lowest BCUT2D eigenvalue weighted by Crippen LogP contribution is -2.38. The Morgan fingerprint density at radius 2 is 1.95 bits per heavy atom. The number of nitrogens with one attached hydrogen (secondary N) is 3. The first kappa shape index (κ1) is 16.5. The molecule has 0 saturated heterocycles. The molecule has 1 aromatic rings. The minimum atomic E-state index is -3.55. The van der Waals surface area contributed by atoms with E-state index in [0.29, 0.717) is 12.1 Å². The molecule has 1 aliphatic rings. The van der Waals surface area contributed by atoms with Crippen molar-refractivity contribution in [3.05, 3.63) is 11.3 Å². The van der Waals surface area contributed by atoms with E-state index < -0.39 is 10.0 Å². The fourth-order valence-electron chi connectivity index (χ4n) is 3.00. The van der Waals surface area contributed by atoms with Crippen molar-refractivity contribution in [2.24, 2.45) is 5.92 Å². The first-order valence-corrected chi connectivity index (χ1v) is 9.17. The monoisotopic (exact) mass is 314 g/mol. The molecule has 1 heterocycles. The van der Waals surface area contributed by atoms with Crippen LogP contribution in [0.5, 0.6) is 0 Å². The molecular formula is C14H26N4O2S. The molecule has 0 amide bonds. The maximum absolute atomic E-state index is 12.5. The largest absolute Gasteiger partial charge is 0.316 e. The van der Waals surface area contributed by atoms with Crippen LogP contribution in [0.25, 0.3) is 0 Å². The lowest BCUT2D eigenvalue weighted by Gasteiger charge is -2.28. The summed E-state index contributed by atoms with van der Waals surface area (Å²) >= 11 is 0. The molecule has 1 saturated carbocycles. The second-order valence-corrected chi connectivity index (χ2v) is 7.54. The summed E-state index contributed by atoms with van der Waals surface area (Å²) in [5, 5.41) is 9.88. The van der Waals surface area contributed by atoms with Gasteiger partial charge in [0.1, 0.15) is 0 Å². The number of rotatable bonds is 6. The van der Waals surface area contributed by atoms with Gasteiger partial charge in [0.15, 0.2) is 5.03 Å². The molecule has 0 aromatic carbocycles. The molecule has 0 unspecified atom stereocenters. The van der Waals surface area contributed by atoms with Crippen molar-refractivity contribution in [2.45, 2.75) is 63.6 Å². The van der Waals surface area contributed by atoms with Gasteiger partial charge >= 0.3 is 0 Å². The van der Waals surface area contributed by atoms with Crippen molar-refractivity contribution in [3.63, 3.8) is 0 Å². The van der Waals surface area contributed by atoms with Gasteiger partial charge < -0.3 is 5.32 Å². The second-order valence-electron chi connectivity index (χ2n) is 5.91. The highest BCUT2D eigenvalue weighted by Gasteiger charge is 2.28. The predicted molar refractivity (Wildman–Crippen MR) is 82.4 cm³/mol. The summed E-state index contributed by atoms with van der Waals surface area (Å²) < 4.78 is 27.9. The highest BCUT2D eigenvalue weighted by Crippen LogP contribution is 2.27. The first-order valence-electron chi connectivity index (χ1n) is 7.68. The normalized spacial score (nSPS) is 23.4. The zero-order chi connectivity index (χ0) is 15.5. The van der Waals surface area contributed by atoms with E-state index in [4.69, 9.17) is 0 Å². The Morgan fingerprint density at radius 3 is 2.52 bits per heavy atom. The average molecular weight is 314 g/mol. The number of nitrogens with zero attached hydrogens (tertiary/aromatic N) is 1. The average Bonchev–Trinajstić information content (AvgIpc) is 2.82. The van der Waals surface area contributed by atoms with Crippen LogP contribution in [-0.2, 0) is 16.6 Å². The Balaban J connectivity index is 2.09. The Morgan fingerprint density at radius 1 is 1.29 bits per heavy atom. The second kappa shape index (κ2) is 6.89. The molecule has 0 atom stereocenters. The van der Waals surface area contributed by atoms with E-state index >= 15 is 0 Å². The van der Waals surface area contributed by atoms with Gasteiger partial charge in [-0.3, -0.25) is 5.10 Å². The molecule has 7 heteroatoms. The van der Waals surface area contributed by atoms with Crippen LogP contribution in [0.4, 0.5) is 0 Å². The summed E-state index contributed by atoms with van der Waals surface area (Å²) in [6.07, 6.45) is 5.23. The Hall–Kier alpha value is -0.920. The number of H-pyrrole nitrogens is 1. The zero-order valence-electron chi connectivity index (χ0n) is 13.1. The maximum Gasteiger partial charge on any atom is 0.260 e. The van der Waals surface area contributed by atoms with Crippen LogP contribution in [0.3, 0.4) is 0 Å². The molecule has 0 aliphatic heterocycles. The summed E-state index contributed by atoms with van der Waals surface area (Å²) in [5.41, 5.74) is 1.51. The third-order valence-electron chi connectivity index (χ3n) is 4.39. The van der Waals surface area contributed by atoms with Crippen LogP contribution in [0, 0.1) is 12.8 Å². The summed E-state index contributed by atoms with van der Waals surface area (Å²) in [4.78, 5) is 0. The van der Waals surface area contributed by atoms with Crippen molar-refractivity contribution in [1.82, 2.24) is 20.2 Å². The van der Waals surface area contributed by atoms with Crippen molar-refractivity contribution >= 4 is 10.0 Å². The summed E-state index contributed by atoms with van der Waals surface area (Å²) in [6, 6.07) is 0.0391. The number of sulfonamides is 1. The number of aryl methyl sites for hydroxylation is 1. The van der Waals surface area contributed by atoms with E-state index in [-0.39, 0.29) is 11.1 Å². The molecule has 2 rings (SSSR count). The number of hydrogen-bond acceptors (Lipinski definition) is 4. The van der Waals surface area contributed by atoms with Crippen molar-refractivity contribution in [2.75, 3.05) is 7.05 Å². The highest BCUT2D eigenvalue weighted by atomic mass is 32.2. The van der Waals surface area contributed by atoms with Crippen LogP contribution < -0.4 is 10.0 Å². The number of aromatic amines is 1. The van der Waals surface area contributed by atoms with Crippen LogP contribution in [-0.4, -0.2) is 31.7 Å². The molecule has 1 aliphatic carbocycles. The van der Waals surface area contributed by atoms with E-state index in [2.05, 4.69) is 27.2 Å². The topological polar surface area (TPSA) is 86.9 Å². The summed E-state index contributed by atoms with van der Waals surface area (Å²) in [5.74, 6) is 0.748. The molecule has 1 aromatic heterocycles. The SMILES string of the molecule is CCC1CCC(NS(=O)(=O)c2n[nH]c(C)c2CNC)CC1. The van der Waals surface area contributed by atoms with E-state index in [0.717, 1.165) is 37.3 Å². The Kier molecular flexibility index (Phi) is 5.40. The predicted octanol–water partition coefficient (Wildman–Crippen LogP) is 1.68. The Labute approximate surface area is 127 Å². The third kappa shape index (κ3) is 3.84. The van der Waals surface area contributed by atoms with E-state index in [9.17, 15) is 8.42 Å². The van der Waals surface area contributed by atoms with Crippen LogP contribution in [0.2, 0.25) is 0 Å². The van der Waals surface area contributed by atoms with E-state index in [1.54, 1.807) is 7.05 Å². The van der Waals surface area contributed by atoms with E-state index in [1.165, 1.54) is 6.42 Å². The van der Waals surface area contributed by atoms with E-state index in [1.807, 2.05) is 6.92 Å². The van der Waals surface area contributed by atoms with Gasteiger partial charge in [0.2, 0.25) is 0 Å². The molecule has 1 fully saturated rings. The molecule has 21 heavy (non-hydrogen) atoms. The molecule has 0 radical (unpaired) electrons. The first-order chi connectivity index (χ1) is 9.97. The van der Waals surface area contributed by atoms with Gasteiger partial charge in [0.25, 0.3) is 10.0 Å². The summed E-state index contributed by atoms with van der Waals surface area (Å²) in [6.45, 7) is 4.53. The standard InChI is InChI=1S/C14H26N4O2S/c1-4-11-5-7-12(8-6-11)18-21(19,20)14-13(9-15-3)10(2)16-17-14/h11-12,15,18H,4-9H2,1-3H3,(H,16,17). The molecular weight excluding hydrogens is 288 g/mol. The van der Waals surface area contributed by atoms with Gasteiger partial charge in [-0.1, -0.05) is 13.3 Å². The van der Waals surface area contributed by atoms with Crippen molar-refractivity contribution in [1.29, 1.82) is 0 Å². The smallest absolute Gasteiger partial charge is 0.260 e. The minimum absolute atomic E-state index is 0.0391. The van der Waals surface area contributed by atoms with Crippen LogP contribution >= 0.6 is 0 Å². The van der Waals surface area contributed by atoms with Crippen LogP contribution in [0.15, 0.2) is 5.03 Å². The minimum Gasteiger partial charge on any atom is -0.316 e. The zero-order valence-corrected chi connectivity index (χ0v) is 13.9. The van der Waals surface area contributed by atoms with Gasteiger partial charge in [-0.2, -0.15) is 5.10 Å². The van der Waals surface area contributed by atoms with Crippen molar-refractivity contribution in [3.8, 4) is 0 Å². The lowest BCUT2D eigenvalue weighted by molar-refractivity contribution is 0.306. The number of aromatic nitrogens is 2. The fraction of sp³-hybridized carbons (Fsp3) is 0.786. The van der Waals surface area contributed by atoms with Gasteiger partial charge in [-0.15, -0.1) is 0 Å². The maximum atomic E-state index is 12.5. The molecule has 3 N–H and O–H groups in total. The quantitative estimate of drug-likeness (QED) is 0.745. The molecule has 0 bridgehead atoms. The van der Waals surface area contributed by atoms with Crippen molar-refractivity contribution < 1.29 is 8.42 Å². The van der Waals surface area contributed by atoms with Gasteiger partial charge in [0.05, 0.1) is 0 Å². The van der Waals surface area contributed by atoms with Gasteiger partial charge in [-0.05, 0) is 45.6 Å². The summed E-state index contributed by atoms with van der Waals surface area (Å²) in [7, 11) is -1.75. The Bertz CT molecular complexity index is 560. The number of hydrogen-bond donors (Lipinski definition) is 3. The van der Waals surface area contributed by atoms with Gasteiger partial charge in [-0.25, -0.2) is 13.1 Å². The fourth-order valence-corrected chi connectivity index (χ4v) is 4.50. The van der Waals surface area contributed by atoms with Crippen LogP contribution in [0.1, 0.15) is 50.3 Å². The van der Waals surface area contributed by atoms with Gasteiger partial charge in [0, 0.05) is 23.8 Å².